The molecule has 0 saturated carbocycles. The first-order valence-electron chi connectivity index (χ1n) is 6.24. The number of nitrogens with one attached hydrogen (secondary N) is 2. The molecule has 2 amide bonds. The lowest BCUT2D eigenvalue weighted by Gasteiger charge is -2.13. The van der Waals surface area contributed by atoms with Crippen molar-refractivity contribution in [2.24, 2.45) is 0 Å². The molecule has 0 aliphatic rings. The van der Waals surface area contributed by atoms with E-state index in [4.69, 9.17) is 5.11 Å². The average Bonchev–Trinajstić information content (AvgIpc) is 2.26. The van der Waals surface area contributed by atoms with Crippen LogP contribution in [0, 0.1) is 0 Å². The molecule has 0 bridgehead atoms. The molecule has 8 nitrogen and oxygen atoms in total. The molecule has 0 radical (unpaired) electrons. The van der Waals surface area contributed by atoms with Crippen molar-refractivity contribution in [3.05, 3.63) is 0 Å². The highest BCUT2D eigenvalue weighted by Gasteiger charge is 2.09. The molecule has 3 N–H and O–H groups in total. The van der Waals surface area contributed by atoms with Gasteiger partial charge in [0.05, 0.1) is 13.1 Å². The van der Waals surface area contributed by atoms with Gasteiger partial charge in [0.1, 0.15) is 5.78 Å². The monoisotopic (exact) mass is 287 g/mol. The van der Waals surface area contributed by atoms with Crippen LogP contribution in [0.5, 0.6) is 0 Å². The van der Waals surface area contributed by atoms with Crippen molar-refractivity contribution >= 4 is 23.6 Å². The van der Waals surface area contributed by atoms with Crippen LogP contribution in [0.15, 0.2) is 0 Å². The molecule has 0 saturated heterocycles. The van der Waals surface area contributed by atoms with Crippen molar-refractivity contribution in [3.63, 3.8) is 0 Å². The molecule has 0 aromatic rings. The lowest BCUT2D eigenvalue weighted by Crippen LogP contribution is -2.39. The van der Waals surface area contributed by atoms with Gasteiger partial charge in [-0.2, -0.15) is 0 Å². The van der Waals surface area contributed by atoms with Gasteiger partial charge in [-0.3, -0.25) is 24.1 Å². The number of ketones is 1. The summed E-state index contributed by atoms with van der Waals surface area (Å²) in [6.07, 6.45) is 0.407. The molecule has 0 aliphatic heterocycles. The van der Waals surface area contributed by atoms with Gasteiger partial charge in [0.25, 0.3) is 0 Å². The third kappa shape index (κ3) is 11.1. The van der Waals surface area contributed by atoms with Gasteiger partial charge in [0.2, 0.25) is 11.8 Å². The molecule has 20 heavy (non-hydrogen) atoms. The normalized spacial score (nSPS) is 10.2. The van der Waals surface area contributed by atoms with E-state index in [1.165, 1.54) is 18.9 Å². The fourth-order valence-electron chi connectivity index (χ4n) is 1.37. The summed E-state index contributed by atoms with van der Waals surface area (Å²) in [4.78, 5) is 45.1. The number of rotatable bonds is 10. The SMILES string of the molecule is CC(=O)CCNC(=O)CCNC(=O)CN(C)CC(=O)O. The van der Waals surface area contributed by atoms with Crippen LogP contribution in [-0.2, 0) is 19.2 Å². The number of hydrogen-bond acceptors (Lipinski definition) is 5. The van der Waals surface area contributed by atoms with Crippen LogP contribution >= 0.6 is 0 Å². The second kappa shape index (κ2) is 9.90. The molecule has 8 heteroatoms. The zero-order chi connectivity index (χ0) is 15.5. The van der Waals surface area contributed by atoms with Crippen LogP contribution in [0.4, 0.5) is 0 Å². The maximum absolute atomic E-state index is 11.4. The summed E-state index contributed by atoms with van der Waals surface area (Å²) in [6, 6.07) is 0. The van der Waals surface area contributed by atoms with E-state index in [9.17, 15) is 19.2 Å². The summed E-state index contributed by atoms with van der Waals surface area (Å²) in [5.74, 6) is -1.60. The minimum atomic E-state index is -1.01. The lowest BCUT2D eigenvalue weighted by atomic mass is 10.3. The van der Waals surface area contributed by atoms with E-state index < -0.39 is 5.97 Å². The van der Waals surface area contributed by atoms with E-state index >= 15 is 0 Å². The van der Waals surface area contributed by atoms with E-state index in [2.05, 4.69) is 10.6 Å². The zero-order valence-electron chi connectivity index (χ0n) is 11.8. The Labute approximate surface area is 117 Å². The number of amides is 2. The highest BCUT2D eigenvalue weighted by atomic mass is 16.4. The van der Waals surface area contributed by atoms with Crippen molar-refractivity contribution in [1.29, 1.82) is 0 Å². The third-order valence-electron chi connectivity index (χ3n) is 2.29. The van der Waals surface area contributed by atoms with Gasteiger partial charge < -0.3 is 15.7 Å². The number of Topliss-reactive ketones (excluding diaryl/α,β-unsaturated/α-hetero) is 1. The Balaban J connectivity index is 3.67. The largest absolute Gasteiger partial charge is 0.480 e. The predicted octanol–water partition coefficient (Wildman–Crippen LogP) is -1.40. The Morgan fingerprint density at radius 3 is 2.05 bits per heavy atom. The maximum Gasteiger partial charge on any atom is 0.317 e. The summed E-state index contributed by atoms with van der Waals surface area (Å²) in [7, 11) is 1.52. The van der Waals surface area contributed by atoms with Gasteiger partial charge in [-0.05, 0) is 14.0 Å². The molecule has 0 rings (SSSR count). The molecule has 0 heterocycles. The first-order valence-corrected chi connectivity index (χ1v) is 6.24. The Hall–Kier alpha value is -1.96. The first kappa shape index (κ1) is 18.0. The van der Waals surface area contributed by atoms with Crippen molar-refractivity contribution < 1.29 is 24.3 Å². The Kier molecular flexibility index (Phi) is 8.93. The summed E-state index contributed by atoms with van der Waals surface area (Å²) in [5, 5.41) is 13.6. The molecule has 0 atom stereocenters. The van der Waals surface area contributed by atoms with E-state index in [1.807, 2.05) is 0 Å². The van der Waals surface area contributed by atoms with Gasteiger partial charge in [-0.15, -0.1) is 0 Å². The Bertz CT molecular complexity index is 370. The molecule has 114 valence electrons. The predicted molar refractivity (Wildman–Crippen MR) is 71.1 cm³/mol. The van der Waals surface area contributed by atoms with E-state index in [1.54, 1.807) is 0 Å². The molecule has 0 aliphatic carbocycles. The summed E-state index contributed by atoms with van der Waals surface area (Å²) < 4.78 is 0. The smallest absolute Gasteiger partial charge is 0.317 e. The standard InChI is InChI=1S/C12H21N3O5/c1-9(16)3-5-13-10(17)4-6-14-11(18)7-15(2)8-12(19)20/h3-8H2,1-2H3,(H,13,17)(H,14,18)(H,19,20). The second-order valence-electron chi connectivity index (χ2n) is 4.47. The summed E-state index contributed by atoms with van der Waals surface area (Å²) in [6.45, 7) is 1.65. The fourth-order valence-corrected chi connectivity index (χ4v) is 1.37. The molecule has 0 unspecified atom stereocenters. The van der Waals surface area contributed by atoms with Crippen LogP contribution in [-0.4, -0.2) is 66.8 Å². The first-order chi connectivity index (χ1) is 9.31. The summed E-state index contributed by atoms with van der Waals surface area (Å²) >= 11 is 0. The highest BCUT2D eigenvalue weighted by molar-refractivity contribution is 5.81. The van der Waals surface area contributed by atoms with Crippen molar-refractivity contribution in [3.8, 4) is 0 Å². The van der Waals surface area contributed by atoms with Crippen molar-refractivity contribution in [2.75, 3.05) is 33.2 Å². The van der Waals surface area contributed by atoms with E-state index in [0.717, 1.165) is 0 Å². The Morgan fingerprint density at radius 1 is 0.950 bits per heavy atom. The molecule has 0 aromatic heterocycles. The number of carboxylic acid groups (broad SMARTS) is 1. The van der Waals surface area contributed by atoms with Crippen LogP contribution in [0.2, 0.25) is 0 Å². The Morgan fingerprint density at radius 2 is 1.50 bits per heavy atom. The average molecular weight is 287 g/mol. The van der Waals surface area contributed by atoms with Gasteiger partial charge >= 0.3 is 5.97 Å². The number of carboxylic acids is 1. The molecule has 0 fully saturated rings. The van der Waals surface area contributed by atoms with Crippen LogP contribution < -0.4 is 10.6 Å². The molecular weight excluding hydrogens is 266 g/mol. The van der Waals surface area contributed by atoms with Gasteiger partial charge in [-0.1, -0.05) is 0 Å². The minimum absolute atomic E-state index is 0.0000652. The number of likely N-dealkylation sites (N-methyl/N-ethyl adjacent to an activating group) is 1. The maximum atomic E-state index is 11.4. The van der Waals surface area contributed by atoms with Gasteiger partial charge in [-0.25, -0.2) is 0 Å². The molecule has 0 aromatic carbocycles. The number of nitrogens with zero attached hydrogens (tertiary/aromatic N) is 1. The quantitative estimate of drug-likeness (QED) is 0.455. The lowest BCUT2D eigenvalue weighted by molar-refractivity contribution is -0.138. The van der Waals surface area contributed by atoms with Crippen LogP contribution in [0.25, 0.3) is 0 Å². The number of hydrogen-bond donors (Lipinski definition) is 3. The van der Waals surface area contributed by atoms with Gasteiger partial charge in [0.15, 0.2) is 0 Å². The number of carbonyl (C=O) groups is 4. The van der Waals surface area contributed by atoms with Gasteiger partial charge in [0, 0.05) is 25.9 Å². The third-order valence-corrected chi connectivity index (χ3v) is 2.29. The summed E-state index contributed by atoms with van der Waals surface area (Å²) in [5.41, 5.74) is 0. The van der Waals surface area contributed by atoms with Crippen LogP contribution in [0.1, 0.15) is 19.8 Å². The topological polar surface area (TPSA) is 116 Å². The zero-order valence-corrected chi connectivity index (χ0v) is 11.8. The minimum Gasteiger partial charge on any atom is -0.480 e. The fraction of sp³-hybridized carbons (Fsp3) is 0.667. The molecule has 0 spiro atoms. The number of aliphatic carboxylic acids is 1. The number of carbonyl (C=O) groups excluding carboxylic acids is 3. The van der Waals surface area contributed by atoms with Crippen molar-refractivity contribution in [2.45, 2.75) is 19.8 Å². The molecular formula is C12H21N3O5. The van der Waals surface area contributed by atoms with E-state index in [-0.39, 0.29) is 50.1 Å². The second-order valence-corrected chi connectivity index (χ2v) is 4.47. The van der Waals surface area contributed by atoms with E-state index in [0.29, 0.717) is 6.54 Å². The highest BCUT2D eigenvalue weighted by Crippen LogP contribution is 1.84. The van der Waals surface area contributed by atoms with Crippen molar-refractivity contribution in [1.82, 2.24) is 15.5 Å². The van der Waals surface area contributed by atoms with Crippen LogP contribution in [0.3, 0.4) is 0 Å².